The van der Waals surface area contributed by atoms with Gasteiger partial charge in [-0.25, -0.2) is 0 Å². The first-order valence-electron chi connectivity index (χ1n) is 9.53. The Morgan fingerprint density at radius 3 is 2.80 bits per heavy atom. The highest BCUT2D eigenvalue weighted by molar-refractivity contribution is 5.83. The van der Waals surface area contributed by atoms with Crippen molar-refractivity contribution in [3.05, 3.63) is 53.9 Å². The van der Waals surface area contributed by atoms with Crippen molar-refractivity contribution < 1.29 is 4.79 Å². The molecule has 0 radical (unpaired) electrons. The van der Waals surface area contributed by atoms with Crippen LogP contribution >= 0.6 is 0 Å². The molecule has 2 aliphatic carbocycles. The van der Waals surface area contributed by atoms with Gasteiger partial charge in [0, 0.05) is 25.2 Å². The summed E-state index contributed by atoms with van der Waals surface area (Å²) >= 11 is 0. The fourth-order valence-corrected chi connectivity index (χ4v) is 4.33. The van der Waals surface area contributed by atoms with Crippen LogP contribution in [0.4, 0.5) is 0 Å². The van der Waals surface area contributed by atoms with E-state index >= 15 is 0 Å². The summed E-state index contributed by atoms with van der Waals surface area (Å²) in [7, 11) is 1.93. The first-order chi connectivity index (χ1) is 12.2. The summed E-state index contributed by atoms with van der Waals surface area (Å²) in [5.41, 5.74) is 2.58. The third kappa shape index (κ3) is 3.78. The van der Waals surface area contributed by atoms with Gasteiger partial charge in [-0.05, 0) is 48.6 Å². The Kier molecular flexibility index (Phi) is 4.60. The molecule has 4 heteroatoms. The van der Waals surface area contributed by atoms with E-state index in [1.165, 1.54) is 30.4 Å². The van der Waals surface area contributed by atoms with Gasteiger partial charge < -0.3 is 5.32 Å². The maximum Gasteiger partial charge on any atom is 0.223 e. The first kappa shape index (κ1) is 16.4. The molecule has 2 fully saturated rings. The van der Waals surface area contributed by atoms with E-state index < -0.39 is 0 Å². The number of nitrogens with zero attached hydrogens (tertiary/aromatic N) is 2. The zero-order valence-corrected chi connectivity index (χ0v) is 14.9. The Labute approximate surface area is 149 Å². The fourth-order valence-electron chi connectivity index (χ4n) is 4.33. The summed E-state index contributed by atoms with van der Waals surface area (Å²) in [5, 5.41) is 7.62. The summed E-state index contributed by atoms with van der Waals surface area (Å²) in [6, 6.07) is 11.0. The summed E-state index contributed by atoms with van der Waals surface area (Å²) in [4.78, 5) is 12.7. The number of hydrogen-bond acceptors (Lipinski definition) is 2. The number of aryl methyl sites for hydroxylation is 1. The zero-order valence-electron chi connectivity index (χ0n) is 14.9. The van der Waals surface area contributed by atoms with Crippen molar-refractivity contribution in [1.82, 2.24) is 15.1 Å². The van der Waals surface area contributed by atoms with Gasteiger partial charge in [-0.15, -0.1) is 0 Å². The molecule has 0 saturated heterocycles. The maximum atomic E-state index is 12.7. The normalized spacial score (nSPS) is 28.5. The van der Waals surface area contributed by atoms with Gasteiger partial charge in [0.05, 0.1) is 6.20 Å². The number of carbonyl (C=O) groups excluding carboxylic acids is 1. The molecule has 4 atom stereocenters. The Balaban J connectivity index is 1.36. The van der Waals surface area contributed by atoms with E-state index in [1.54, 1.807) is 0 Å². The first-order valence-corrected chi connectivity index (χ1v) is 9.53. The summed E-state index contributed by atoms with van der Waals surface area (Å²) < 4.78 is 1.82. The van der Waals surface area contributed by atoms with E-state index in [9.17, 15) is 4.79 Å². The topological polar surface area (TPSA) is 46.9 Å². The van der Waals surface area contributed by atoms with Crippen LogP contribution in [0.15, 0.2) is 42.7 Å². The highest BCUT2D eigenvalue weighted by Crippen LogP contribution is 2.47. The van der Waals surface area contributed by atoms with Gasteiger partial charge in [-0.1, -0.05) is 43.2 Å². The lowest BCUT2D eigenvalue weighted by Gasteiger charge is -2.32. The third-order valence-corrected chi connectivity index (χ3v) is 5.86. The lowest BCUT2D eigenvalue weighted by molar-refractivity contribution is -0.123. The van der Waals surface area contributed by atoms with Crippen LogP contribution in [0.2, 0.25) is 0 Å². The largest absolute Gasteiger partial charge is 0.353 e. The van der Waals surface area contributed by atoms with Gasteiger partial charge in [0.15, 0.2) is 0 Å². The van der Waals surface area contributed by atoms with Gasteiger partial charge in [-0.2, -0.15) is 5.10 Å². The van der Waals surface area contributed by atoms with Crippen molar-refractivity contribution >= 4 is 5.91 Å². The SMILES string of the molecule is Cn1cc([C@@H]2C[C@@H]2C(=O)N[C@@H]2CCCC[C@H]2Cc2ccccc2)cn1. The fraction of sp³-hybridized carbons (Fsp3) is 0.524. The smallest absolute Gasteiger partial charge is 0.223 e. The molecule has 25 heavy (non-hydrogen) atoms. The molecule has 4 nitrogen and oxygen atoms in total. The second-order valence-corrected chi connectivity index (χ2v) is 7.75. The molecule has 1 aromatic carbocycles. The van der Waals surface area contributed by atoms with Crippen molar-refractivity contribution in [2.45, 2.75) is 50.5 Å². The lowest BCUT2D eigenvalue weighted by Crippen LogP contribution is -2.43. The summed E-state index contributed by atoms with van der Waals surface area (Å²) in [6.07, 6.45) is 10.8. The van der Waals surface area contributed by atoms with E-state index in [2.05, 4.69) is 40.7 Å². The standard InChI is InChI=1S/C21H27N3O/c1-24-14-17(13-22-24)18-12-19(18)21(25)23-20-10-6-5-9-16(20)11-15-7-3-2-4-8-15/h2-4,7-8,13-14,16,18-20H,5-6,9-12H2,1H3,(H,23,25)/t16-,18-,19-,20+/m0/s1. The van der Waals surface area contributed by atoms with Crippen LogP contribution in [0.1, 0.15) is 49.1 Å². The van der Waals surface area contributed by atoms with Crippen LogP contribution < -0.4 is 5.32 Å². The molecule has 0 aliphatic heterocycles. The van der Waals surface area contributed by atoms with Crippen LogP contribution in [-0.4, -0.2) is 21.7 Å². The number of amides is 1. The molecule has 2 saturated carbocycles. The number of benzene rings is 1. The monoisotopic (exact) mass is 337 g/mol. The van der Waals surface area contributed by atoms with Crippen LogP contribution in [0.3, 0.4) is 0 Å². The van der Waals surface area contributed by atoms with E-state index in [-0.39, 0.29) is 11.8 Å². The molecule has 0 unspecified atom stereocenters. The average molecular weight is 337 g/mol. The van der Waals surface area contributed by atoms with Gasteiger partial charge in [0.2, 0.25) is 5.91 Å². The van der Waals surface area contributed by atoms with Crippen molar-refractivity contribution in [3.63, 3.8) is 0 Å². The molecule has 1 heterocycles. The minimum Gasteiger partial charge on any atom is -0.353 e. The highest BCUT2D eigenvalue weighted by Gasteiger charge is 2.45. The molecule has 132 valence electrons. The van der Waals surface area contributed by atoms with Gasteiger partial charge >= 0.3 is 0 Å². The van der Waals surface area contributed by atoms with Gasteiger partial charge in [0.25, 0.3) is 0 Å². The molecule has 1 amide bonds. The Hall–Kier alpha value is -2.10. The average Bonchev–Trinajstić information content (AvgIpc) is 3.32. The molecule has 0 spiro atoms. The number of rotatable bonds is 5. The minimum absolute atomic E-state index is 0.142. The van der Waals surface area contributed by atoms with E-state index in [1.807, 2.05) is 24.1 Å². The molecule has 1 aromatic heterocycles. The third-order valence-electron chi connectivity index (χ3n) is 5.86. The van der Waals surface area contributed by atoms with E-state index in [0.29, 0.717) is 17.9 Å². The van der Waals surface area contributed by atoms with Gasteiger partial charge in [-0.3, -0.25) is 9.48 Å². The van der Waals surface area contributed by atoms with E-state index in [0.717, 1.165) is 19.3 Å². The highest BCUT2D eigenvalue weighted by atomic mass is 16.2. The molecular formula is C21H27N3O. The number of carbonyl (C=O) groups is 1. The van der Waals surface area contributed by atoms with Crippen LogP contribution in [0.5, 0.6) is 0 Å². The van der Waals surface area contributed by atoms with Crippen LogP contribution in [-0.2, 0) is 18.3 Å². The van der Waals surface area contributed by atoms with E-state index in [4.69, 9.17) is 0 Å². The zero-order chi connectivity index (χ0) is 17.2. The number of hydrogen-bond donors (Lipinski definition) is 1. The van der Waals surface area contributed by atoms with Crippen molar-refractivity contribution in [2.75, 3.05) is 0 Å². The molecular weight excluding hydrogens is 310 g/mol. The Morgan fingerprint density at radius 1 is 1.24 bits per heavy atom. The summed E-state index contributed by atoms with van der Waals surface area (Å²) in [6.45, 7) is 0. The second kappa shape index (κ2) is 7.03. The van der Waals surface area contributed by atoms with Crippen molar-refractivity contribution in [3.8, 4) is 0 Å². The molecule has 4 rings (SSSR count). The predicted octanol–water partition coefficient (Wildman–Crippen LogP) is 3.44. The quantitative estimate of drug-likeness (QED) is 0.908. The molecule has 1 N–H and O–H groups in total. The Bertz CT molecular complexity index is 724. The predicted molar refractivity (Wildman–Crippen MR) is 98.1 cm³/mol. The second-order valence-electron chi connectivity index (χ2n) is 7.75. The number of aromatic nitrogens is 2. The minimum atomic E-state index is 0.142. The van der Waals surface area contributed by atoms with Crippen molar-refractivity contribution in [1.29, 1.82) is 0 Å². The maximum absolute atomic E-state index is 12.7. The van der Waals surface area contributed by atoms with Crippen LogP contribution in [0, 0.1) is 11.8 Å². The lowest BCUT2D eigenvalue weighted by atomic mass is 9.80. The van der Waals surface area contributed by atoms with Crippen molar-refractivity contribution in [2.24, 2.45) is 18.9 Å². The van der Waals surface area contributed by atoms with Crippen LogP contribution in [0.25, 0.3) is 0 Å². The van der Waals surface area contributed by atoms with Gasteiger partial charge in [0.1, 0.15) is 0 Å². The summed E-state index contributed by atoms with van der Waals surface area (Å²) in [5.74, 6) is 1.32. The molecule has 2 aliphatic rings. The molecule has 0 bridgehead atoms. The Morgan fingerprint density at radius 2 is 2.04 bits per heavy atom. The number of nitrogens with one attached hydrogen (secondary N) is 1. The molecule has 2 aromatic rings.